The van der Waals surface area contributed by atoms with Gasteiger partial charge in [0.2, 0.25) is 0 Å². The van der Waals surface area contributed by atoms with E-state index in [2.05, 4.69) is 37.4 Å². The molecular formula is C12H23N3O. The molecule has 92 valence electrons. The van der Waals surface area contributed by atoms with Crippen molar-refractivity contribution in [3.63, 3.8) is 0 Å². The number of nitrogens with zero attached hydrogens (tertiary/aromatic N) is 2. The van der Waals surface area contributed by atoms with Crippen LogP contribution >= 0.6 is 0 Å². The van der Waals surface area contributed by atoms with E-state index in [4.69, 9.17) is 4.74 Å². The molecule has 1 rings (SSSR count). The van der Waals surface area contributed by atoms with Crippen LogP contribution in [0.15, 0.2) is 12.4 Å². The summed E-state index contributed by atoms with van der Waals surface area (Å²) in [7, 11) is 0. The van der Waals surface area contributed by atoms with Crippen molar-refractivity contribution in [2.75, 3.05) is 13.2 Å². The predicted molar refractivity (Wildman–Crippen MR) is 65.3 cm³/mol. The van der Waals surface area contributed by atoms with E-state index in [-0.39, 0.29) is 5.60 Å². The van der Waals surface area contributed by atoms with Crippen LogP contribution in [0.3, 0.4) is 0 Å². The molecule has 4 nitrogen and oxygen atoms in total. The monoisotopic (exact) mass is 225 g/mol. The average molecular weight is 225 g/mol. The van der Waals surface area contributed by atoms with Crippen LogP contribution in [-0.2, 0) is 17.8 Å². The maximum Gasteiger partial charge on any atom is 0.0750 e. The highest BCUT2D eigenvalue weighted by Gasteiger charge is 2.16. The molecule has 0 saturated heterocycles. The Kier molecular flexibility index (Phi) is 4.96. The first-order chi connectivity index (χ1) is 7.57. The largest absolute Gasteiger partial charge is 0.375 e. The van der Waals surface area contributed by atoms with Gasteiger partial charge in [0.25, 0.3) is 0 Å². The average Bonchev–Trinajstić information content (AvgIpc) is 2.65. The normalized spacial score (nSPS) is 12.0. The van der Waals surface area contributed by atoms with Crippen molar-refractivity contribution in [3.05, 3.63) is 18.0 Å². The first kappa shape index (κ1) is 13.2. The summed E-state index contributed by atoms with van der Waals surface area (Å²) in [6.45, 7) is 11.7. The molecule has 0 aliphatic heterocycles. The maximum absolute atomic E-state index is 5.61. The van der Waals surface area contributed by atoms with Gasteiger partial charge in [-0.25, -0.2) is 0 Å². The van der Waals surface area contributed by atoms with Gasteiger partial charge in [0.15, 0.2) is 0 Å². The van der Waals surface area contributed by atoms with Crippen molar-refractivity contribution < 1.29 is 4.74 Å². The van der Waals surface area contributed by atoms with Crippen molar-refractivity contribution in [1.29, 1.82) is 0 Å². The number of nitrogens with one attached hydrogen (secondary N) is 1. The van der Waals surface area contributed by atoms with E-state index in [1.807, 2.05) is 17.8 Å². The molecule has 1 N–H and O–H groups in total. The summed E-state index contributed by atoms with van der Waals surface area (Å²) in [6, 6.07) is 0. The first-order valence-corrected chi connectivity index (χ1v) is 5.93. The van der Waals surface area contributed by atoms with Gasteiger partial charge in [0, 0.05) is 38.0 Å². The quantitative estimate of drug-likeness (QED) is 0.769. The van der Waals surface area contributed by atoms with E-state index in [9.17, 15) is 0 Å². The smallest absolute Gasteiger partial charge is 0.0750 e. The number of aryl methyl sites for hydroxylation is 1. The van der Waals surface area contributed by atoms with Crippen LogP contribution in [0.2, 0.25) is 0 Å². The van der Waals surface area contributed by atoms with Gasteiger partial charge in [0.1, 0.15) is 0 Å². The molecule has 1 aromatic rings. The fraction of sp³-hybridized carbons (Fsp3) is 0.750. The van der Waals surface area contributed by atoms with Gasteiger partial charge in [0.05, 0.1) is 11.8 Å². The van der Waals surface area contributed by atoms with Crippen molar-refractivity contribution >= 4 is 0 Å². The lowest BCUT2D eigenvalue weighted by molar-refractivity contribution is -0.00897. The van der Waals surface area contributed by atoms with Gasteiger partial charge in [-0.3, -0.25) is 4.68 Å². The van der Waals surface area contributed by atoms with Gasteiger partial charge in [-0.15, -0.1) is 0 Å². The summed E-state index contributed by atoms with van der Waals surface area (Å²) >= 11 is 0. The molecular weight excluding hydrogens is 202 g/mol. The standard InChI is InChI=1S/C12H23N3O/c1-5-15-9-11(8-14-15)7-13-10-12(3,4)16-6-2/h8-9,13H,5-7,10H2,1-4H3. The molecule has 0 aliphatic carbocycles. The van der Waals surface area contributed by atoms with E-state index < -0.39 is 0 Å². The minimum absolute atomic E-state index is 0.102. The molecule has 0 aromatic carbocycles. The van der Waals surface area contributed by atoms with Gasteiger partial charge >= 0.3 is 0 Å². The van der Waals surface area contributed by atoms with Crippen molar-refractivity contribution in [2.45, 2.75) is 46.4 Å². The molecule has 1 aromatic heterocycles. The zero-order valence-electron chi connectivity index (χ0n) is 10.8. The molecule has 4 heteroatoms. The molecule has 0 aliphatic rings. The van der Waals surface area contributed by atoms with Crippen LogP contribution in [0, 0.1) is 0 Å². The lowest BCUT2D eigenvalue weighted by Crippen LogP contribution is -2.37. The van der Waals surface area contributed by atoms with E-state index in [1.165, 1.54) is 5.56 Å². The predicted octanol–water partition coefficient (Wildman–Crippen LogP) is 1.81. The molecule has 16 heavy (non-hydrogen) atoms. The van der Waals surface area contributed by atoms with Crippen LogP contribution < -0.4 is 5.32 Å². The fourth-order valence-corrected chi connectivity index (χ4v) is 1.62. The van der Waals surface area contributed by atoms with Crippen molar-refractivity contribution in [3.8, 4) is 0 Å². The van der Waals surface area contributed by atoms with Gasteiger partial charge in [-0.2, -0.15) is 5.10 Å². The van der Waals surface area contributed by atoms with E-state index in [0.717, 1.165) is 26.2 Å². The lowest BCUT2D eigenvalue weighted by atomic mass is 10.1. The summed E-state index contributed by atoms with van der Waals surface area (Å²) < 4.78 is 7.55. The van der Waals surface area contributed by atoms with Crippen LogP contribution in [-0.4, -0.2) is 28.5 Å². The molecule has 0 saturated carbocycles. The Bertz CT molecular complexity index is 307. The van der Waals surface area contributed by atoms with Crippen LogP contribution in [0.4, 0.5) is 0 Å². The number of rotatable bonds is 7. The van der Waals surface area contributed by atoms with E-state index in [0.29, 0.717) is 0 Å². The van der Waals surface area contributed by atoms with Gasteiger partial charge in [-0.05, 0) is 27.7 Å². The van der Waals surface area contributed by atoms with Crippen molar-refractivity contribution in [2.24, 2.45) is 0 Å². The zero-order valence-corrected chi connectivity index (χ0v) is 10.8. The maximum atomic E-state index is 5.61. The Labute approximate surface area is 98.0 Å². The highest BCUT2D eigenvalue weighted by molar-refractivity contribution is 5.03. The second kappa shape index (κ2) is 6.01. The minimum atomic E-state index is -0.102. The second-order valence-electron chi connectivity index (χ2n) is 4.50. The number of hydrogen-bond donors (Lipinski definition) is 1. The summed E-state index contributed by atoms with van der Waals surface area (Å²) in [4.78, 5) is 0. The first-order valence-electron chi connectivity index (χ1n) is 5.93. The Balaban J connectivity index is 2.29. The fourth-order valence-electron chi connectivity index (χ4n) is 1.62. The molecule has 0 radical (unpaired) electrons. The third kappa shape index (κ3) is 4.33. The summed E-state index contributed by atoms with van der Waals surface area (Å²) in [6.07, 6.45) is 3.98. The van der Waals surface area contributed by atoms with E-state index >= 15 is 0 Å². The second-order valence-corrected chi connectivity index (χ2v) is 4.50. The van der Waals surface area contributed by atoms with Gasteiger partial charge < -0.3 is 10.1 Å². The Morgan fingerprint density at radius 2 is 2.19 bits per heavy atom. The number of aromatic nitrogens is 2. The van der Waals surface area contributed by atoms with Gasteiger partial charge in [-0.1, -0.05) is 0 Å². The molecule has 0 bridgehead atoms. The van der Waals surface area contributed by atoms with Crippen LogP contribution in [0.25, 0.3) is 0 Å². The summed E-state index contributed by atoms with van der Waals surface area (Å²) in [5.74, 6) is 0. The molecule has 0 atom stereocenters. The minimum Gasteiger partial charge on any atom is -0.375 e. The third-order valence-corrected chi connectivity index (χ3v) is 2.43. The Morgan fingerprint density at radius 1 is 1.44 bits per heavy atom. The topological polar surface area (TPSA) is 39.1 Å². The van der Waals surface area contributed by atoms with E-state index in [1.54, 1.807) is 0 Å². The van der Waals surface area contributed by atoms with Crippen LogP contribution in [0.5, 0.6) is 0 Å². The van der Waals surface area contributed by atoms with Crippen LogP contribution in [0.1, 0.15) is 33.3 Å². The summed E-state index contributed by atoms with van der Waals surface area (Å²) in [5, 5.41) is 7.62. The Hall–Kier alpha value is -0.870. The summed E-state index contributed by atoms with van der Waals surface area (Å²) in [5.41, 5.74) is 1.12. The molecule has 1 heterocycles. The number of hydrogen-bond acceptors (Lipinski definition) is 3. The molecule has 0 unspecified atom stereocenters. The molecule has 0 fully saturated rings. The third-order valence-electron chi connectivity index (χ3n) is 2.43. The molecule has 0 amide bonds. The SMILES string of the molecule is CCOC(C)(C)CNCc1cnn(CC)c1. The highest BCUT2D eigenvalue weighted by atomic mass is 16.5. The van der Waals surface area contributed by atoms with Crippen molar-refractivity contribution in [1.82, 2.24) is 15.1 Å². The molecule has 0 spiro atoms. The Morgan fingerprint density at radius 3 is 2.75 bits per heavy atom. The number of ether oxygens (including phenoxy) is 1. The highest BCUT2D eigenvalue weighted by Crippen LogP contribution is 2.07. The zero-order chi connectivity index (χ0) is 12.0. The lowest BCUT2D eigenvalue weighted by Gasteiger charge is -2.24.